The molecule has 1 heterocycles. The summed E-state index contributed by atoms with van der Waals surface area (Å²) < 4.78 is 0. The molecule has 0 aliphatic rings. The highest BCUT2D eigenvalue weighted by atomic mass is 32.1. The summed E-state index contributed by atoms with van der Waals surface area (Å²) in [6.45, 7) is 2.08. The van der Waals surface area contributed by atoms with Crippen LogP contribution < -0.4 is 5.32 Å². The van der Waals surface area contributed by atoms with Crippen LogP contribution in [0.4, 0.5) is 0 Å². The summed E-state index contributed by atoms with van der Waals surface area (Å²) in [5.74, 6) is -1.92. The van der Waals surface area contributed by atoms with Crippen molar-refractivity contribution in [3.63, 3.8) is 0 Å². The van der Waals surface area contributed by atoms with Crippen LogP contribution in [0.5, 0.6) is 0 Å². The van der Waals surface area contributed by atoms with Crippen molar-refractivity contribution in [2.45, 2.75) is 13.5 Å². The zero-order valence-corrected chi connectivity index (χ0v) is 14.9. The molecule has 1 aromatic carbocycles. The highest BCUT2D eigenvalue weighted by Crippen LogP contribution is 2.11. The summed E-state index contributed by atoms with van der Waals surface area (Å²) in [7, 11) is 1.58. The number of hydrogen-bond donors (Lipinski definition) is 2. The van der Waals surface area contributed by atoms with Crippen molar-refractivity contribution in [1.82, 2.24) is 10.2 Å². The lowest BCUT2D eigenvalue weighted by Gasteiger charge is -2.19. The molecule has 0 radical (unpaired) electrons. The summed E-state index contributed by atoms with van der Waals surface area (Å²) in [6, 6.07) is 10.5. The minimum atomic E-state index is -0.934. The Morgan fingerprint density at radius 3 is 2.44 bits per heavy atom. The maximum atomic E-state index is 12.3. The normalized spacial score (nSPS) is 11.6. The second-order valence-electron chi connectivity index (χ2n) is 5.78. The number of amides is 2. The lowest BCUT2D eigenvalue weighted by atomic mass is 10.1. The quantitative estimate of drug-likeness (QED) is 0.794. The molecule has 2 aromatic rings. The monoisotopic (exact) mass is 360 g/mol. The lowest BCUT2D eigenvalue weighted by Crippen LogP contribution is -2.33. The highest BCUT2D eigenvalue weighted by Gasteiger charge is 2.18. The number of rotatable bonds is 7. The summed E-state index contributed by atoms with van der Waals surface area (Å²) in [5, 5.41) is 13.6. The minimum Gasteiger partial charge on any atom is -0.481 e. The van der Waals surface area contributed by atoms with Crippen molar-refractivity contribution < 1.29 is 19.5 Å². The number of nitrogens with zero attached hydrogens (tertiary/aromatic N) is 1. The molecule has 0 saturated heterocycles. The number of carbonyl (C=O) groups excluding carboxylic acids is 2. The van der Waals surface area contributed by atoms with Gasteiger partial charge in [-0.1, -0.05) is 25.1 Å². The molecule has 1 unspecified atom stereocenters. The van der Waals surface area contributed by atoms with Gasteiger partial charge in [0, 0.05) is 25.7 Å². The molecule has 0 bridgehead atoms. The number of carboxylic acid groups (broad SMARTS) is 1. The van der Waals surface area contributed by atoms with Gasteiger partial charge in [0.1, 0.15) is 0 Å². The molecule has 0 saturated carbocycles. The van der Waals surface area contributed by atoms with E-state index in [0.29, 0.717) is 17.0 Å². The molecule has 0 aliphatic carbocycles. The van der Waals surface area contributed by atoms with Crippen LogP contribution >= 0.6 is 11.3 Å². The maximum absolute atomic E-state index is 12.3. The molecule has 2 N–H and O–H groups in total. The summed E-state index contributed by atoms with van der Waals surface area (Å²) in [5.41, 5.74) is 1.36. The molecule has 0 spiro atoms. The van der Waals surface area contributed by atoms with Gasteiger partial charge in [0.2, 0.25) is 0 Å². The van der Waals surface area contributed by atoms with Crippen LogP contribution in [0.25, 0.3) is 0 Å². The molecule has 7 heteroatoms. The number of carbonyl (C=O) groups is 3. The van der Waals surface area contributed by atoms with E-state index in [-0.39, 0.29) is 18.4 Å². The van der Waals surface area contributed by atoms with Crippen LogP contribution in [0.2, 0.25) is 0 Å². The van der Waals surface area contributed by atoms with Gasteiger partial charge < -0.3 is 15.3 Å². The average molecular weight is 360 g/mol. The Bertz CT molecular complexity index is 741. The van der Waals surface area contributed by atoms with E-state index < -0.39 is 11.9 Å². The third-order valence-corrected chi connectivity index (χ3v) is 4.58. The van der Waals surface area contributed by atoms with E-state index >= 15 is 0 Å². The number of aliphatic carboxylic acids is 1. The van der Waals surface area contributed by atoms with Gasteiger partial charge in [-0.3, -0.25) is 14.4 Å². The Hall–Kier alpha value is -2.67. The number of nitrogens with one attached hydrogen (secondary N) is 1. The van der Waals surface area contributed by atoms with E-state index in [1.54, 1.807) is 44.3 Å². The van der Waals surface area contributed by atoms with Crippen molar-refractivity contribution in [2.75, 3.05) is 13.6 Å². The van der Waals surface area contributed by atoms with Gasteiger partial charge in [-0.05, 0) is 29.1 Å². The molecule has 1 aromatic heterocycles. The topological polar surface area (TPSA) is 86.7 Å². The Balaban J connectivity index is 1.91. The Morgan fingerprint density at radius 2 is 1.88 bits per heavy atom. The Morgan fingerprint density at radius 1 is 1.20 bits per heavy atom. The Labute approximate surface area is 150 Å². The fourth-order valence-electron chi connectivity index (χ4n) is 2.23. The van der Waals surface area contributed by atoms with E-state index in [4.69, 9.17) is 5.11 Å². The third kappa shape index (κ3) is 5.15. The van der Waals surface area contributed by atoms with Crippen molar-refractivity contribution in [2.24, 2.45) is 5.92 Å². The molecule has 2 amide bonds. The van der Waals surface area contributed by atoms with Crippen LogP contribution in [0, 0.1) is 5.92 Å². The van der Waals surface area contributed by atoms with E-state index in [9.17, 15) is 14.4 Å². The van der Waals surface area contributed by atoms with E-state index in [2.05, 4.69) is 5.32 Å². The molecule has 6 nitrogen and oxygen atoms in total. The standard InChI is InChI=1S/C18H20N2O4S/c1-12(18(23)24)11-20(2)17(22)14-7-5-13(6-8-14)10-19-16(21)15-4-3-9-25-15/h3-9,12H,10-11H2,1-2H3,(H,19,21)(H,23,24). The first kappa shape index (κ1) is 18.7. The zero-order valence-electron chi connectivity index (χ0n) is 14.1. The molecular weight excluding hydrogens is 340 g/mol. The van der Waals surface area contributed by atoms with Crippen molar-refractivity contribution >= 4 is 29.1 Å². The number of benzene rings is 1. The van der Waals surface area contributed by atoms with Gasteiger partial charge in [-0.15, -0.1) is 11.3 Å². The third-order valence-electron chi connectivity index (χ3n) is 3.71. The summed E-state index contributed by atoms with van der Waals surface area (Å²) >= 11 is 1.38. The van der Waals surface area contributed by atoms with Crippen molar-refractivity contribution in [3.8, 4) is 0 Å². The summed E-state index contributed by atoms with van der Waals surface area (Å²) in [6.07, 6.45) is 0. The second kappa shape index (κ2) is 8.43. The van der Waals surface area contributed by atoms with E-state index in [0.717, 1.165) is 5.56 Å². The van der Waals surface area contributed by atoms with Crippen LogP contribution in [-0.4, -0.2) is 41.4 Å². The summed E-state index contributed by atoms with van der Waals surface area (Å²) in [4.78, 5) is 37.1. The molecule has 0 fully saturated rings. The fraction of sp³-hybridized carbons (Fsp3) is 0.278. The predicted molar refractivity (Wildman–Crippen MR) is 95.7 cm³/mol. The number of hydrogen-bond acceptors (Lipinski definition) is 4. The van der Waals surface area contributed by atoms with Crippen LogP contribution in [0.15, 0.2) is 41.8 Å². The SMILES string of the molecule is CC(CN(C)C(=O)c1ccc(CNC(=O)c2cccs2)cc1)C(=O)O. The first-order valence-corrected chi connectivity index (χ1v) is 8.65. The van der Waals surface area contributed by atoms with Gasteiger partial charge in [0.05, 0.1) is 10.8 Å². The number of carboxylic acids is 1. The van der Waals surface area contributed by atoms with Crippen molar-refractivity contribution in [3.05, 3.63) is 57.8 Å². The lowest BCUT2D eigenvalue weighted by molar-refractivity contribution is -0.141. The number of thiophene rings is 1. The first-order valence-electron chi connectivity index (χ1n) is 7.77. The maximum Gasteiger partial charge on any atom is 0.308 e. The van der Waals surface area contributed by atoms with Crippen LogP contribution in [0.3, 0.4) is 0 Å². The van der Waals surface area contributed by atoms with Crippen LogP contribution in [0.1, 0.15) is 32.5 Å². The predicted octanol–water partition coefficient (Wildman–Crippen LogP) is 2.47. The molecule has 25 heavy (non-hydrogen) atoms. The van der Waals surface area contributed by atoms with Gasteiger partial charge in [0.25, 0.3) is 11.8 Å². The minimum absolute atomic E-state index is 0.127. The molecular formula is C18H20N2O4S. The molecule has 132 valence electrons. The van der Waals surface area contributed by atoms with Crippen molar-refractivity contribution in [1.29, 1.82) is 0 Å². The largest absolute Gasteiger partial charge is 0.481 e. The second-order valence-corrected chi connectivity index (χ2v) is 6.73. The fourth-order valence-corrected chi connectivity index (χ4v) is 2.87. The van der Waals surface area contributed by atoms with Gasteiger partial charge in [-0.25, -0.2) is 0 Å². The Kier molecular flexibility index (Phi) is 6.30. The van der Waals surface area contributed by atoms with Gasteiger partial charge in [0.15, 0.2) is 0 Å². The van der Waals surface area contributed by atoms with E-state index in [1.165, 1.54) is 16.2 Å². The van der Waals surface area contributed by atoms with Crippen LogP contribution in [-0.2, 0) is 11.3 Å². The highest BCUT2D eigenvalue weighted by molar-refractivity contribution is 7.12. The molecule has 0 aliphatic heterocycles. The van der Waals surface area contributed by atoms with E-state index in [1.807, 2.05) is 11.4 Å². The molecule has 2 rings (SSSR count). The van der Waals surface area contributed by atoms with Gasteiger partial charge >= 0.3 is 5.97 Å². The smallest absolute Gasteiger partial charge is 0.308 e. The first-order chi connectivity index (χ1) is 11.9. The zero-order chi connectivity index (χ0) is 18.4. The van der Waals surface area contributed by atoms with Gasteiger partial charge in [-0.2, -0.15) is 0 Å². The molecule has 1 atom stereocenters. The average Bonchev–Trinajstić information content (AvgIpc) is 3.14.